The quantitative estimate of drug-likeness (QED) is 0.434. The van der Waals surface area contributed by atoms with Crippen LogP contribution in [0.3, 0.4) is 0 Å². The predicted molar refractivity (Wildman–Crippen MR) is 93.1 cm³/mol. The zero-order valence-corrected chi connectivity index (χ0v) is 15.7. The number of hydrogen-bond acceptors (Lipinski definition) is 6. The summed E-state index contributed by atoms with van der Waals surface area (Å²) >= 11 is 0. The van der Waals surface area contributed by atoms with Crippen molar-refractivity contribution in [3.8, 4) is 11.5 Å². The molecule has 0 radical (unpaired) electrons. The van der Waals surface area contributed by atoms with Gasteiger partial charge in [0.05, 0.1) is 11.1 Å². The molecule has 0 aliphatic carbocycles. The molecule has 2 aromatic carbocycles. The maximum Gasteiger partial charge on any atom is 0.411 e. The fraction of sp³-hybridized carbons (Fsp3) is 0.158. The van der Waals surface area contributed by atoms with Crippen LogP contribution in [0.5, 0.6) is 11.5 Å². The van der Waals surface area contributed by atoms with E-state index in [2.05, 4.69) is 9.47 Å². The lowest BCUT2D eigenvalue weighted by Crippen LogP contribution is -2.54. The molecule has 0 amide bonds. The first-order valence-corrected chi connectivity index (χ1v) is 8.32. The summed E-state index contributed by atoms with van der Waals surface area (Å²) in [5.74, 6) is -5.66. The topological polar surface area (TPSA) is 127 Å². The minimum Gasteiger partial charge on any atom is -0.478 e. The molecule has 0 aliphatic heterocycles. The molecule has 176 valence electrons. The number of carboxylic acids is 2. The van der Waals surface area contributed by atoms with Crippen LogP contribution in [-0.4, -0.2) is 47.4 Å². The number of aromatic carboxylic acids is 2. The van der Waals surface area contributed by atoms with Gasteiger partial charge in [0, 0.05) is 0 Å². The average molecular weight is 480 g/mol. The van der Waals surface area contributed by atoms with Crippen LogP contribution in [0.15, 0.2) is 36.4 Å². The van der Waals surface area contributed by atoms with Crippen LogP contribution in [0.4, 0.5) is 26.3 Å². The Hall–Kier alpha value is -4.10. The molecule has 14 heteroatoms. The van der Waals surface area contributed by atoms with Crippen molar-refractivity contribution < 1.29 is 65.2 Å². The summed E-state index contributed by atoms with van der Waals surface area (Å²) in [7, 11) is 0. The van der Waals surface area contributed by atoms with Crippen LogP contribution in [0.1, 0.15) is 31.8 Å². The number of alkyl halides is 6. The van der Waals surface area contributed by atoms with E-state index in [1.807, 2.05) is 0 Å². The third-order valence-corrected chi connectivity index (χ3v) is 4.49. The second-order valence-corrected chi connectivity index (χ2v) is 6.21. The Kier molecular flexibility index (Phi) is 6.71. The lowest BCUT2D eigenvalue weighted by molar-refractivity contribution is -0.288. The molecule has 0 atom stereocenters. The second-order valence-electron chi connectivity index (χ2n) is 6.21. The highest BCUT2D eigenvalue weighted by Crippen LogP contribution is 2.57. The molecule has 0 saturated carbocycles. The summed E-state index contributed by atoms with van der Waals surface area (Å²) in [4.78, 5) is 43.7. The van der Waals surface area contributed by atoms with Gasteiger partial charge in [-0.15, -0.1) is 0 Å². The molecular formula is C19H10F6O8. The lowest BCUT2D eigenvalue weighted by atomic mass is 9.72. The Morgan fingerprint density at radius 1 is 0.697 bits per heavy atom. The molecule has 0 unspecified atom stereocenters. The van der Waals surface area contributed by atoms with E-state index >= 15 is 0 Å². The number of hydrogen-bond donors (Lipinski definition) is 2. The lowest BCUT2D eigenvalue weighted by Gasteiger charge is -2.38. The standard InChI is InChI=1S/C19H10F6O8/c20-18(21,22)17(19(23,24)25,9-1-3-11(15(28)29)12(5-9)16(30)31)10-2-4-13(32-7-26)14(6-10)33-8-27/h1-8H,(H,28,29)(H,30,31). The smallest absolute Gasteiger partial charge is 0.411 e. The van der Waals surface area contributed by atoms with Crippen LogP contribution in [-0.2, 0) is 15.0 Å². The van der Waals surface area contributed by atoms with Crippen LogP contribution >= 0.6 is 0 Å². The van der Waals surface area contributed by atoms with E-state index in [0.29, 0.717) is 12.1 Å². The zero-order valence-electron chi connectivity index (χ0n) is 15.7. The Balaban J connectivity index is 3.03. The van der Waals surface area contributed by atoms with Crippen LogP contribution in [0, 0.1) is 0 Å². The van der Waals surface area contributed by atoms with Crippen LogP contribution in [0.25, 0.3) is 0 Å². The van der Waals surface area contributed by atoms with E-state index < -0.39 is 63.5 Å². The van der Waals surface area contributed by atoms with Crippen molar-refractivity contribution in [3.63, 3.8) is 0 Å². The zero-order chi connectivity index (χ0) is 25.2. The Morgan fingerprint density at radius 2 is 1.15 bits per heavy atom. The fourth-order valence-electron chi connectivity index (χ4n) is 3.16. The minimum absolute atomic E-state index is 0.0527. The molecule has 33 heavy (non-hydrogen) atoms. The van der Waals surface area contributed by atoms with Crippen molar-refractivity contribution in [1.82, 2.24) is 0 Å². The number of benzene rings is 2. The molecule has 0 fully saturated rings. The van der Waals surface area contributed by atoms with Crippen LogP contribution in [0.2, 0.25) is 0 Å². The van der Waals surface area contributed by atoms with Crippen molar-refractivity contribution in [2.45, 2.75) is 17.8 Å². The largest absolute Gasteiger partial charge is 0.478 e. The second kappa shape index (κ2) is 8.80. The maximum atomic E-state index is 14.2. The third kappa shape index (κ3) is 4.31. The Labute approximate surface area is 178 Å². The van der Waals surface area contributed by atoms with Crippen molar-refractivity contribution in [3.05, 3.63) is 58.7 Å². The van der Waals surface area contributed by atoms with Gasteiger partial charge in [-0.05, 0) is 35.4 Å². The van der Waals surface area contributed by atoms with E-state index in [-0.39, 0.29) is 37.2 Å². The van der Waals surface area contributed by atoms with Gasteiger partial charge >= 0.3 is 24.3 Å². The van der Waals surface area contributed by atoms with E-state index in [0.717, 1.165) is 0 Å². The maximum absolute atomic E-state index is 14.2. The first-order valence-electron chi connectivity index (χ1n) is 8.32. The number of ether oxygens (including phenoxy) is 2. The van der Waals surface area contributed by atoms with Crippen molar-refractivity contribution >= 4 is 24.9 Å². The van der Waals surface area contributed by atoms with Gasteiger partial charge in [0.2, 0.25) is 5.41 Å². The summed E-state index contributed by atoms with van der Waals surface area (Å²) in [5.41, 5.74) is -10.5. The van der Waals surface area contributed by atoms with E-state index in [4.69, 9.17) is 10.2 Å². The number of carboxylic acid groups (broad SMARTS) is 2. The molecule has 0 aromatic heterocycles. The van der Waals surface area contributed by atoms with Crippen molar-refractivity contribution in [2.24, 2.45) is 0 Å². The monoisotopic (exact) mass is 480 g/mol. The summed E-state index contributed by atoms with van der Waals surface area (Å²) in [5, 5.41) is 18.2. The van der Waals surface area contributed by atoms with Crippen molar-refractivity contribution in [1.29, 1.82) is 0 Å². The van der Waals surface area contributed by atoms with Crippen molar-refractivity contribution in [2.75, 3.05) is 0 Å². The normalized spacial score (nSPS) is 12.1. The third-order valence-electron chi connectivity index (χ3n) is 4.49. The molecule has 0 saturated heterocycles. The first kappa shape index (κ1) is 25.2. The first-order chi connectivity index (χ1) is 15.2. The molecule has 0 heterocycles. The predicted octanol–water partition coefficient (Wildman–Crippen LogP) is 3.56. The van der Waals surface area contributed by atoms with Gasteiger partial charge in [0.25, 0.3) is 12.9 Å². The van der Waals surface area contributed by atoms with E-state index in [1.165, 1.54) is 0 Å². The van der Waals surface area contributed by atoms with Gasteiger partial charge in [0.15, 0.2) is 11.5 Å². The highest BCUT2D eigenvalue weighted by atomic mass is 19.4. The summed E-state index contributed by atoms with van der Waals surface area (Å²) < 4.78 is 94.0. The van der Waals surface area contributed by atoms with Gasteiger partial charge in [-0.25, -0.2) is 9.59 Å². The van der Waals surface area contributed by atoms with Crippen LogP contribution < -0.4 is 9.47 Å². The number of rotatable bonds is 8. The van der Waals surface area contributed by atoms with Gasteiger partial charge in [-0.3, -0.25) is 9.59 Å². The number of carbonyl (C=O) groups is 4. The van der Waals surface area contributed by atoms with Gasteiger partial charge < -0.3 is 19.7 Å². The SMILES string of the molecule is O=COc1ccc(C(c2ccc(C(=O)O)c(C(=O)O)c2)(C(F)(F)F)C(F)(F)F)cc1OC=O. The summed E-state index contributed by atoms with van der Waals surface area (Å²) in [6, 6.07) is 1.33. The van der Waals surface area contributed by atoms with E-state index in [9.17, 15) is 45.5 Å². The molecular weight excluding hydrogens is 470 g/mol. The van der Waals surface area contributed by atoms with E-state index in [1.54, 1.807) is 0 Å². The fourth-order valence-corrected chi connectivity index (χ4v) is 3.16. The minimum atomic E-state index is -6.17. The summed E-state index contributed by atoms with van der Waals surface area (Å²) in [6.45, 7) is -0.568. The number of halogens is 6. The molecule has 0 spiro atoms. The molecule has 2 N–H and O–H groups in total. The van der Waals surface area contributed by atoms with Gasteiger partial charge in [0.1, 0.15) is 0 Å². The molecule has 0 bridgehead atoms. The average Bonchev–Trinajstić information content (AvgIpc) is 2.68. The highest BCUT2D eigenvalue weighted by molar-refractivity contribution is 6.01. The Morgan fingerprint density at radius 3 is 1.61 bits per heavy atom. The summed E-state index contributed by atoms with van der Waals surface area (Å²) in [6.07, 6.45) is -12.3. The molecule has 8 nitrogen and oxygen atoms in total. The molecule has 2 rings (SSSR count). The number of carbonyl (C=O) groups excluding carboxylic acids is 2. The Bertz CT molecular complexity index is 1090. The highest BCUT2D eigenvalue weighted by Gasteiger charge is 2.72. The van der Waals surface area contributed by atoms with Gasteiger partial charge in [-0.1, -0.05) is 12.1 Å². The molecule has 0 aliphatic rings. The van der Waals surface area contributed by atoms with Gasteiger partial charge in [-0.2, -0.15) is 26.3 Å². The molecule has 2 aromatic rings.